The van der Waals surface area contributed by atoms with Crippen molar-refractivity contribution in [3.05, 3.63) is 34.1 Å². The summed E-state index contributed by atoms with van der Waals surface area (Å²) in [6, 6.07) is 5.00. The molecule has 0 atom stereocenters. The van der Waals surface area contributed by atoms with Gasteiger partial charge in [0.05, 0.1) is 0 Å². The normalized spacial score (nSPS) is 11.5. The molecule has 0 heterocycles. The van der Waals surface area contributed by atoms with E-state index >= 15 is 0 Å². The molecule has 0 spiro atoms. The predicted octanol–water partition coefficient (Wildman–Crippen LogP) is 3.10. The maximum Gasteiger partial charge on any atom is 0.190 e. The second-order valence-corrected chi connectivity index (χ2v) is 5.18. The molecule has 106 valence electrons. The summed E-state index contributed by atoms with van der Waals surface area (Å²) in [7, 11) is 1.74. The lowest BCUT2D eigenvalue weighted by molar-refractivity contribution is 0.606. The Labute approximate surface area is 122 Å². The van der Waals surface area contributed by atoms with Crippen LogP contribution in [0.15, 0.2) is 27.7 Å². The largest absolute Gasteiger partial charge is 0.356 e. The average Bonchev–Trinajstić information content (AvgIpc) is 2.41. The van der Waals surface area contributed by atoms with Gasteiger partial charge in [0, 0.05) is 24.6 Å². The zero-order chi connectivity index (χ0) is 14.1. The van der Waals surface area contributed by atoms with Gasteiger partial charge in [-0.1, -0.05) is 29.3 Å². The van der Waals surface area contributed by atoms with Gasteiger partial charge in [-0.3, -0.25) is 4.99 Å². The number of aliphatic imine (C=N–C) groups is 1. The Morgan fingerprint density at radius 2 is 2.05 bits per heavy atom. The van der Waals surface area contributed by atoms with Crippen LogP contribution in [0.5, 0.6) is 0 Å². The Kier molecular flexibility index (Phi) is 7.48. The lowest BCUT2D eigenvalue weighted by Crippen LogP contribution is -2.38. The van der Waals surface area contributed by atoms with E-state index in [0.717, 1.165) is 29.8 Å². The van der Waals surface area contributed by atoms with Crippen LogP contribution in [0.4, 0.5) is 4.39 Å². The van der Waals surface area contributed by atoms with Gasteiger partial charge in [0.25, 0.3) is 0 Å². The maximum atomic E-state index is 13.5. The first-order chi connectivity index (χ1) is 9.17. The van der Waals surface area contributed by atoms with E-state index in [1.54, 1.807) is 13.1 Å². The fourth-order valence-electron chi connectivity index (χ4n) is 1.65. The lowest BCUT2D eigenvalue weighted by atomic mass is 10.1. The number of halogens is 2. The number of benzene rings is 1. The fourth-order valence-corrected chi connectivity index (χ4v) is 2.06. The molecule has 0 fully saturated rings. The van der Waals surface area contributed by atoms with E-state index in [2.05, 4.69) is 38.5 Å². The number of nitrogens with zero attached hydrogens (tertiary/aromatic N) is 1. The number of guanidine groups is 1. The highest BCUT2D eigenvalue weighted by Crippen LogP contribution is 2.15. The van der Waals surface area contributed by atoms with Gasteiger partial charge in [0.15, 0.2) is 5.96 Å². The summed E-state index contributed by atoms with van der Waals surface area (Å²) in [5.74, 6) is 0.600. The van der Waals surface area contributed by atoms with Crippen LogP contribution in [0.25, 0.3) is 0 Å². The number of unbranched alkanes of at least 4 members (excludes halogenated alkanes) is 1. The SMILES string of the molecule is CCCCNC(=NC)NCCc1cc(Br)ccc1F. The molecule has 0 saturated heterocycles. The third-order valence-electron chi connectivity index (χ3n) is 2.74. The smallest absolute Gasteiger partial charge is 0.190 e. The molecule has 1 rings (SSSR count). The summed E-state index contributed by atoms with van der Waals surface area (Å²) < 4.78 is 14.4. The highest BCUT2D eigenvalue weighted by atomic mass is 79.9. The third-order valence-corrected chi connectivity index (χ3v) is 3.23. The molecule has 5 heteroatoms. The first-order valence-corrected chi connectivity index (χ1v) is 7.35. The predicted molar refractivity (Wildman–Crippen MR) is 82.1 cm³/mol. The summed E-state index contributed by atoms with van der Waals surface area (Å²) in [6.45, 7) is 3.70. The zero-order valence-electron chi connectivity index (χ0n) is 11.5. The van der Waals surface area contributed by atoms with Crippen molar-refractivity contribution >= 4 is 21.9 Å². The number of rotatable bonds is 6. The van der Waals surface area contributed by atoms with Gasteiger partial charge < -0.3 is 10.6 Å². The van der Waals surface area contributed by atoms with Crippen LogP contribution in [0.1, 0.15) is 25.3 Å². The van der Waals surface area contributed by atoms with E-state index in [1.807, 2.05) is 6.07 Å². The molecule has 0 saturated carbocycles. The van der Waals surface area contributed by atoms with E-state index in [-0.39, 0.29) is 5.82 Å². The van der Waals surface area contributed by atoms with E-state index < -0.39 is 0 Å². The molecule has 0 bridgehead atoms. The molecule has 3 nitrogen and oxygen atoms in total. The van der Waals surface area contributed by atoms with E-state index in [0.29, 0.717) is 18.5 Å². The Balaban J connectivity index is 2.38. The van der Waals surface area contributed by atoms with Crippen molar-refractivity contribution in [1.29, 1.82) is 0 Å². The van der Waals surface area contributed by atoms with Gasteiger partial charge >= 0.3 is 0 Å². The van der Waals surface area contributed by atoms with Crippen LogP contribution in [0, 0.1) is 5.82 Å². The van der Waals surface area contributed by atoms with Gasteiger partial charge in [0.1, 0.15) is 5.82 Å². The molecule has 1 aromatic rings. The van der Waals surface area contributed by atoms with Crippen molar-refractivity contribution in [2.75, 3.05) is 20.1 Å². The Morgan fingerprint density at radius 3 is 2.74 bits per heavy atom. The van der Waals surface area contributed by atoms with Crippen LogP contribution in [-0.2, 0) is 6.42 Å². The van der Waals surface area contributed by atoms with Gasteiger partial charge in [-0.2, -0.15) is 0 Å². The van der Waals surface area contributed by atoms with Crippen LogP contribution in [0.3, 0.4) is 0 Å². The Bertz CT molecular complexity index is 421. The standard InChI is InChI=1S/C14H21BrFN3/c1-3-4-8-18-14(17-2)19-9-7-11-10-12(15)5-6-13(11)16/h5-6,10H,3-4,7-9H2,1-2H3,(H2,17,18,19). The molecule has 0 amide bonds. The minimum atomic E-state index is -0.168. The van der Waals surface area contributed by atoms with Crippen LogP contribution in [-0.4, -0.2) is 26.1 Å². The van der Waals surface area contributed by atoms with Crippen LogP contribution in [0.2, 0.25) is 0 Å². The molecule has 0 aliphatic rings. The quantitative estimate of drug-likeness (QED) is 0.478. The third kappa shape index (κ3) is 6.05. The molecule has 0 aliphatic carbocycles. The monoisotopic (exact) mass is 329 g/mol. The van der Waals surface area contributed by atoms with Crippen molar-refractivity contribution in [2.24, 2.45) is 4.99 Å². The van der Waals surface area contributed by atoms with Crippen molar-refractivity contribution in [1.82, 2.24) is 10.6 Å². The average molecular weight is 330 g/mol. The van der Waals surface area contributed by atoms with E-state index in [4.69, 9.17) is 0 Å². The molecular formula is C14H21BrFN3. The van der Waals surface area contributed by atoms with E-state index in [9.17, 15) is 4.39 Å². The second-order valence-electron chi connectivity index (χ2n) is 4.27. The highest BCUT2D eigenvalue weighted by Gasteiger charge is 2.03. The second kappa shape index (κ2) is 8.91. The summed E-state index contributed by atoms with van der Waals surface area (Å²) in [5, 5.41) is 6.40. The topological polar surface area (TPSA) is 36.4 Å². The molecule has 0 aromatic heterocycles. The first-order valence-electron chi connectivity index (χ1n) is 6.55. The molecule has 0 unspecified atom stereocenters. The zero-order valence-corrected chi connectivity index (χ0v) is 13.1. The van der Waals surface area contributed by atoms with Gasteiger partial charge in [-0.05, 0) is 36.6 Å². The van der Waals surface area contributed by atoms with Gasteiger partial charge in [-0.15, -0.1) is 0 Å². The minimum Gasteiger partial charge on any atom is -0.356 e. The fraction of sp³-hybridized carbons (Fsp3) is 0.500. The highest BCUT2D eigenvalue weighted by molar-refractivity contribution is 9.10. The number of hydrogen-bond acceptors (Lipinski definition) is 1. The van der Waals surface area contributed by atoms with Crippen LogP contribution >= 0.6 is 15.9 Å². The van der Waals surface area contributed by atoms with Crippen molar-refractivity contribution in [2.45, 2.75) is 26.2 Å². The Morgan fingerprint density at radius 1 is 1.32 bits per heavy atom. The molecule has 0 aliphatic heterocycles. The maximum absolute atomic E-state index is 13.5. The summed E-state index contributed by atoms with van der Waals surface area (Å²) in [5.41, 5.74) is 0.700. The van der Waals surface area contributed by atoms with Crippen molar-refractivity contribution < 1.29 is 4.39 Å². The van der Waals surface area contributed by atoms with Crippen molar-refractivity contribution in [3.8, 4) is 0 Å². The molecule has 2 N–H and O–H groups in total. The number of hydrogen-bond donors (Lipinski definition) is 2. The molecule has 1 aromatic carbocycles. The summed E-state index contributed by atoms with van der Waals surface area (Å²) in [6.07, 6.45) is 2.88. The minimum absolute atomic E-state index is 0.168. The summed E-state index contributed by atoms with van der Waals surface area (Å²) >= 11 is 3.35. The lowest BCUT2D eigenvalue weighted by Gasteiger charge is -2.11. The van der Waals surface area contributed by atoms with Crippen LogP contribution < -0.4 is 10.6 Å². The van der Waals surface area contributed by atoms with Crippen molar-refractivity contribution in [3.63, 3.8) is 0 Å². The summed E-state index contributed by atoms with van der Waals surface area (Å²) in [4.78, 5) is 4.12. The molecule has 19 heavy (non-hydrogen) atoms. The molecule has 0 radical (unpaired) electrons. The van der Waals surface area contributed by atoms with Gasteiger partial charge in [-0.25, -0.2) is 4.39 Å². The molecular weight excluding hydrogens is 309 g/mol. The van der Waals surface area contributed by atoms with Gasteiger partial charge in [0.2, 0.25) is 0 Å². The first kappa shape index (κ1) is 16.0. The van der Waals surface area contributed by atoms with E-state index in [1.165, 1.54) is 6.07 Å². The number of nitrogens with one attached hydrogen (secondary N) is 2. The Hall–Kier alpha value is -1.10.